The molecule has 1 N–H and O–H groups in total. The quantitative estimate of drug-likeness (QED) is 0.313. The Hall–Kier alpha value is -3.71. The monoisotopic (exact) mass is 448 g/mol. The Morgan fingerprint density at radius 2 is 1.66 bits per heavy atom. The zero-order valence-electron chi connectivity index (χ0n) is 17.3. The van der Waals surface area contributed by atoms with Crippen LogP contribution in [0, 0.1) is 12.7 Å². The fourth-order valence-corrected chi connectivity index (χ4v) is 4.00. The maximum absolute atomic E-state index is 13.2. The molecule has 32 heavy (non-hydrogen) atoms. The van der Waals surface area contributed by atoms with Crippen LogP contribution in [0.4, 0.5) is 4.39 Å². The van der Waals surface area contributed by atoms with Gasteiger partial charge < -0.3 is 4.74 Å². The van der Waals surface area contributed by atoms with Crippen LogP contribution in [0.5, 0.6) is 5.75 Å². The Labute approximate surface area is 186 Å². The van der Waals surface area contributed by atoms with E-state index in [1.807, 2.05) is 43.3 Å². The van der Waals surface area contributed by atoms with Gasteiger partial charge in [-0.3, -0.25) is 0 Å². The van der Waals surface area contributed by atoms with Gasteiger partial charge in [0.25, 0.3) is 10.0 Å². The van der Waals surface area contributed by atoms with Crippen LogP contribution in [0.1, 0.15) is 16.7 Å². The topological polar surface area (TPSA) is 67.8 Å². The number of nitrogens with zero attached hydrogens (tertiary/aromatic N) is 1. The normalized spacial score (nSPS) is 11.7. The molecule has 5 nitrogen and oxygen atoms in total. The number of aryl methyl sites for hydroxylation is 1. The Balaban J connectivity index is 1.61. The fourth-order valence-electron chi connectivity index (χ4n) is 3.21. The van der Waals surface area contributed by atoms with E-state index in [0.717, 1.165) is 21.9 Å². The smallest absolute Gasteiger partial charge is 0.276 e. The summed E-state index contributed by atoms with van der Waals surface area (Å²) >= 11 is 0. The first-order valence-corrected chi connectivity index (χ1v) is 11.4. The van der Waals surface area contributed by atoms with Crippen molar-refractivity contribution in [3.8, 4) is 5.75 Å². The van der Waals surface area contributed by atoms with E-state index in [4.69, 9.17) is 4.74 Å². The maximum Gasteiger partial charge on any atom is 0.276 e. The average molecular weight is 449 g/mol. The molecule has 4 aromatic rings. The van der Waals surface area contributed by atoms with E-state index in [9.17, 15) is 12.8 Å². The van der Waals surface area contributed by atoms with Gasteiger partial charge in [-0.2, -0.15) is 13.5 Å². The zero-order chi connectivity index (χ0) is 22.6. The highest BCUT2D eigenvalue weighted by Crippen LogP contribution is 2.27. The molecule has 7 heteroatoms. The summed E-state index contributed by atoms with van der Waals surface area (Å²) in [5, 5.41) is 5.82. The van der Waals surface area contributed by atoms with E-state index in [2.05, 4.69) is 9.93 Å². The summed E-state index contributed by atoms with van der Waals surface area (Å²) in [6, 6.07) is 24.0. The molecule has 0 saturated heterocycles. The summed E-state index contributed by atoms with van der Waals surface area (Å²) in [5.74, 6) is 0.222. The summed E-state index contributed by atoms with van der Waals surface area (Å²) in [7, 11) is -3.80. The number of nitrogens with one attached hydrogen (secondary N) is 1. The number of halogens is 1. The van der Waals surface area contributed by atoms with Gasteiger partial charge in [0, 0.05) is 5.56 Å². The first-order chi connectivity index (χ1) is 15.4. The molecule has 4 rings (SSSR count). The molecule has 0 aliphatic carbocycles. The summed E-state index contributed by atoms with van der Waals surface area (Å²) in [4.78, 5) is 2.39. The van der Waals surface area contributed by atoms with E-state index < -0.39 is 10.0 Å². The van der Waals surface area contributed by atoms with Gasteiger partial charge in [0.15, 0.2) is 0 Å². The van der Waals surface area contributed by atoms with Crippen molar-refractivity contribution < 1.29 is 17.5 Å². The Morgan fingerprint density at radius 3 is 2.41 bits per heavy atom. The van der Waals surface area contributed by atoms with E-state index >= 15 is 0 Å². The SMILES string of the molecule is Cc1ccc(S(=O)(=O)N/N=C\c2c(OCc3ccc(F)cc3)ccc3ccccc23)cc1. The van der Waals surface area contributed by atoms with Gasteiger partial charge in [-0.1, -0.05) is 60.2 Å². The summed E-state index contributed by atoms with van der Waals surface area (Å²) in [6.07, 6.45) is 1.44. The van der Waals surface area contributed by atoms with E-state index in [-0.39, 0.29) is 17.3 Å². The Bertz CT molecular complexity index is 1370. The standard InChI is InChI=1S/C25H21FN2O3S/c1-18-6-13-22(14-7-18)32(29,30)28-27-16-24-23-5-3-2-4-20(23)10-15-25(24)31-17-19-8-11-21(26)12-9-19/h2-16,28H,17H2,1H3/b27-16-. The summed E-state index contributed by atoms with van der Waals surface area (Å²) < 4.78 is 44.2. The molecule has 0 aromatic heterocycles. The highest BCUT2D eigenvalue weighted by atomic mass is 32.2. The first kappa shape index (κ1) is 21.5. The van der Waals surface area contributed by atoms with Crippen LogP contribution < -0.4 is 9.57 Å². The molecule has 0 radical (unpaired) electrons. The molecule has 4 aromatic carbocycles. The molecule has 0 bridgehead atoms. The van der Waals surface area contributed by atoms with Gasteiger partial charge in [-0.15, -0.1) is 0 Å². The third kappa shape index (κ3) is 4.95. The number of fused-ring (bicyclic) bond motifs is 1. The van der Waals surface area contributed by atoms with Gasteiger partial charge in [0.05, 0.1) is 11.1 Å². The number of hydrogen-bond donors (Lipinski definition) is 1. The van der Waals surface area contributed by atoms with Crippen LogP contribution in [-0.2, 0) is 16.6 Å². The van der Waals surface area contributed by atoms with E-state index in [0.29, 0.717) is 11.3 Å². The van der Waals surface area contributed by atoms with Crippen molar-refractivity contribution in [3.63, 3.8) is 0 Å². The lowest BCUT2D eigenvalue weighted by molar-refractivity contribution is 0.306. The Kier molecular flexibility index (Phi) is 6.18. The van der Waals surface area contributed by atoms with E-state index in [1.165, 1.54) is 30.5 Å². The number of ether oxygens (including phenoxy) is 1. The number of rotatable bonds is 7. The second kappa shape index (κ2) is 9.20. The molecule has 162 valence electrons. The molecular formula is C25H21FN2O3S. The lowest BCUT2D eigenvalue weighted by Gasteiger charge is -2.12. The Morgan fingerprint density at radius 1 is 0.938 bits per heavy atom. The largest absolute Gasteiger partial charge is 0.488 e. The van der Waals surface area contributed by atoms with Gasteiger partial charge in [0.2, 0.25) is 0 Å². The number of sulfonamides is 1. The summed E-state index contributed by atoms with van der Waals surface area (Å²) in [6.45, 7) is 2.12. The minimum atomic E-state index is -3.80. The van der Waals surface area contributed by atoms with Gasteiger partial charge in [-0.25, -0.2) is 9.22 Å². The molecule has 0 amide bonds. The van der Waals surface area contributed by atoms with Crippen molar-refractivity contribution in [2.45, 2.75) is 18.4 Å². The average Bonchev–Trinajstić information content (AvgIpc) is 2.79. The van der Waals surface area contributed by atoms with Gasteiger partial charge in [0.1, 0.15) is 18.2 Å². The molecule has 0 heterocycles. The molecule has 0 atom stereocenters. The lowest BCUT2D eigenvalue weighted by Crippen LogP contribution is -2.18. The molecule has 0 spiro atoms. The molecule has 0 fully saturated rings. The highest BCUT2D eigenvalue weighted by Gasteiger charge is 2.13. The minimum absolute atomic E-state index is 0.131. The van der Waals surface area contributed by atoms with Crippen LogP contribution >= 0.6 is 0 Å². The highest BCUT2D eigenvalue weighted by molar-refractivity contribution is 7.89. The van der Waals surface area contributed by atoms with Crippen LogP contribution in [-0.4, -0.2) is 14.6 Å². The molecule has 0 aliphatic heterocycles. The third-order valence-corrected chi connectivity index (χ3v) is 6.17. The fraction of sp³-hybridized carbons (Fsp3) is 0.0800. The van der Waals surface area contributed by atoms with Gasteiger partial charge >= 0.3 is 0 Å². The molecule has 0 saturated carbocycles. The van der Waals surface area contributed by atoms with Crippen LogP contribution in [0.15, 0.2) is 94.9 Å². The van der Waals surface area contributed by atoms with Crippen LogP contribution in [0.3, 0.4) is 0 Å². The zero-order valence-corrected chi connectivity index (χ0v) is 18.1. The third-order valence-electron chi connectivity index (χ3n) is 4.94. The maximum atomic E-state index is 13.2. The second-order valence-corrected chi connectivity index (χ2v) is 8.94. The van der Waals surface area contributed by atoms with Crippen molar-refractivity contribution in [1.82, 2.24) is 4.83 Å². The number of benzene rings is 4. The van der Waals surface area contributed by atoms with Crippen LogP contribution in [0.25, 0.3) is 10.8 Å². The predicted octanol–water partition coefficient (Wildman–Crippen LogP) is 5.18. The first-order valence-electron chi connectivity index (χ1n) is 9.93. The van der Waals surface area contributed by atoms with Crippen molar-refractivity contribution >= 4 is 27.0 Å². The molecule has 0 aliphatic rings. The van der Waals surface area contributed by atoms with Crippen molar-refractivity contribution in [2.24, 2.45) is 5.10 Å². The van der Waals surface area contributed by atoms with Crippen molar-refractivity contribution in [1.29, 1.82) is 0 Å². The van der Waals surface area contributed by atoms with E-state index in [1.54, 1.807) is 24.3 Å². The lowest BCUT2D eigenvalue weighted by atomic mass is 10.0. The second-order valence-electron chi connectivity index (χ2n) is 7.28. The number of hydrogen-bond acceptors (Lipinski definition) is 4. The number of hydrazone groups is 1. The molecular weight excluding hydrogens is 427 g/mol. The predicted molar refractivity (Wildman–Crippen MR) is 124 cm³/mol. The minimum Gasteiger partial charge on any atom is -0.488 e. The van der Waals surface area contributed by atoms with Crippen LogP contribution in [0.2, 0.25) is 0 Å². The van der Waals surface area contributed by atoms with Crippen molar-refractivity contribution in [3.05, 3.63) is 107 Å². The summed E-state index contributed by atoms with van der Waals surface area (Å²) in [5.41, 5.74) is 2.41. The van der Waals surface area contributed by atoms with Gasteiger partial charge in [-0.05, 0) is 53.6 Å². The molecule has 0 unspecified atom stereocenters. The van der Waals surface area contributed by atoms with Crippen molar-refractivity contribution in [2.75, 3.05) is 0 Å².